The van der Waals surface area contributed by atoms with Gasteiger partial charge in [-0.05, 0) is 60.2 Å². The minimum absolute atomic E-state index is 0.133. The fraction of sp³-hybridized carbons (Fsp3) is 0.222. The molecule has 0 saturated heterocycles. The highest BCUT2D eigenvalue weighted by Crippen LogP contribution is 2.27. The average molecular weight is 373 g/mol. The van der Waals surface area contributed by atoms with Crippen molar-refractivity contribution in [1.82, 2.24) is 25.5 Å². The highest BCUT2D eigenvalue weighted by Gasteiger charge is 2.16. The van der Waals surface area contributed by atoms with Crippen LogP contribution >= 0.6 is 0 Å². The van der Waals surface area contributed by atoms with Gasteiger partial charge in [0.25, 0.3) is 5.91 Å². The van der Waals surface area contributed by atoms with Gasteiger partial charge in [0.05, 0.1) is 12.3 Å². The largest absolute Gasteiger partial charge is 0.394 e. The molecule has 1 atom stereocenters. The summed E-state index contributed by atoms with van der Waals surface area (Å²) in [5, 5.41) is 23.0. The number of amides is 1. The van der Waals surface area contributed by atoms with Gasteiger partial charge in [0.1, 0.15) is 11.6 Å². The van der Waals surface area contributed by atoms with Crippen LogP contribution in [-0.2, 0) is 0 Å². The summed E-state index contributed by atoms with van der Waals surface area (Å²) in [4.78, 5) is 12.5. The van der Waals surface area contributed by atoms with Crippen LogP contribution in [0.5, 0.6) is 0 Å². The number of hydrogen-bond acceptors (Lipinski definition) is 5. The van der Waals surface area contributed by atoms with E-state index in [4.69, 9.17) is 5.11 Å². The van der Waals surface area contributed by atoms with E-state index in [9.17, 15) is 13.6 Å². The summed E-state index contributed by atoms with van der Waals surface area (Å²) in [7, 11) is 0. The van der Waals surface area contributed by atoms with Crippen molar-refractivity contribution < 1.29 is 18.7 Å². The van der Waals surface area contributed by atoms with Crippen LogP contribution in [0, 0.1) is 18.6 Å². The van der Waals surface area contributed by atoms with Crippen LogP contribution in [-0.4, -0.2) is 43.9 Å². The average Bonchev–Trinajstić information content (AvgIpc) is 3.07. The Morgan fingerprint density at radius 2 is 2.04 bits per heavy atom. The first kappa shape index (κ1) is 18.6. The molecule has 0 aliphatic rings. The summed E-state index contributed by atoms with van der Waals surface area (Å²) in [6.45, 7) is 3.10. The third-order valence-corrected chi connectivity index (χ3v) is 3.94. The van der Waals surface area contributed by atoms with Crippen molar-refractivity contribution in [3.8, 4) is 16.8 Å². The normalized spacial score (nSPS) is 12.0. The van der Waals surface area contributed by atoms with E-state index in [0.717, 1.165) is 12.1 Å². The molecule has 3 aromatic rings. The van der Waals surface area contributed by atoms with E-state index in [-0.39, 0.29) is 17.7 Å². The Hall–Kier alpha value is -3.20. The molecule has 0 bridgehead atoms. The van der Waals surface area contributed by atoms with Crippen LogP contribution in [0.25, 0.3) is 16.8 Å². The second-order valence-electron chi connectivity index (χ2n) is 6.09. The van der Waals surface area contributed by atoms with E-state index >= 15 is 0 Å². The van der Waals surface area contributed by atoms with Gasteiger partial charge in [0.2, 0.25) is 0 Å². The van der Waals surface area contributed by atoms with E-state index in [1.54, 1.807) is 26.0 Å². The van der Waals surface area contributed by atoms with Crippen LogP contribution in [0.3, 0.4) is 0 Å². The van der Waals surface area contributed by atoms with Crippen LogP contribution in [0.15, 0.2) is 36.4 Å². The first-order valence-electron chi connectivity index (χ1n) is 8.16. The Morgan fingerprint density at radius 3 is 2.67 bits per heavy atom. The van der Waals surface area contributed by atoms with E-state index < -0.39 is 23.6 Å². The molecule has 0 spiro atoms. The molecule has 2 N–H and O–H groups in total. The van der Waals surface area contributed by atoms with Crippen molar-refractivity contribution in [2.75, 3.05) is 6.61 Å². The second kappa shape index (κ2) is 7.58. The molecule has 0 aliphatic carbocycles. The number of aryl methyl sites for hydroxylation is 1. The smallest absolute Gasteiger partial charge is 0.251 e. The van der Waals surface area contributed by atoms with E-state index in [2.05, 4.69) is 20.8 Å². The van der Waals surface area contributed by atoms with Gasteiger partial charge in [0, 0.05) is 23.2 Å². The number of aliphatic hydroxyl groups excluding tert-OH is 1. The number of rotatable bonds is 5. The van der Waals surface area contributed by atoms with Gasteiger partial charge in [-0.2, -0.15) is 4.68 Å². The molecule has 0 fully saturated rings. The summed E-state index contributed by atoms with van der Waals surface area (Å²) in [5.41, 5.74) is 1.16. The number of carbonyl (C=O) groups excluding carboxylic acids is 1. The van der Waals surface area contributed by atoms with Crippen molar-refractivity contribution in [2.24, 2.45) is 0 Å². The molecule has 2 aromatic carbocycles. The molecule has 3 rings (SSSR count). The molecule has 0 radical (unpaired) electrons. The topological polar surface area (TPSA) is 92.9 Å². The van der Waals surface area contributed by atoms with E-state index in [1.165, 1.54) is 16.8 Å². The van der Waals surface area contributed by atoms with Gasteiger partial charge in [-0.1, -0.05) is 0 Å². The maximum atomic E-state index is 14.3. The third kappa shape index (κ3) is 3.98. The van der Waals surface area contributed by atoms with Crippen molar-refractivity contribution in [3.05, 3.63) is 59.4 Å². The number of tetrazole rings is 1. The number of aliphatic hydroxyl groups is 1. The zero-order chi connectivity index (χ0) is 19.6. The number of nitrogens with zero attached hydrogens (tertiary/aromatic N) is 4. The van der Waals surface area contributed by atoms with Crippen LogP contribution < -0.4 is 5.32 Å². The Balaban J connectivity index is 2.14. The fourth-order valence-electron chi connectivity index (χ4n) is 2.57. The zero-order valence-corrected chi connectivity index (χ0v) is 14.6. The van der Waals surface area contributed by atoms with Gasteiger partial charge >= 0.3 is 0 Å². The van der Waals surface area contributed by atoms with Crippen LogP contribution in [0.1, 0.15) is 23.1 Å². The number of halogens is 2. The van der Waals surface area contributed by atoms with Crippen molar-refractivity contribution in [2.45, 2.75) is 19.9 Å². The van der Waals surface area contributed by atoms with Crippen molar-refractivity contribution >= 4 is 5.91 Å². The summed E-state index contributed by atoms with van der Waals surface area (Å²) in [5.74, 6) is -1.43. The SMILES string of the molecule is Cc1nnnn1-c1cc(C(=O)N[C@@H](C)CO)cc(-c2ccc(F)cc2F)c1. The summed E-state index contributed by atoms with van der Waals surface area (Å²) in [6.07, 6.45) is 0. The lowest BCUT2D eigenvalue weighted by molar-refractivity contribution is 0.0922. The number of carbonyl (C=O) groups is 1. The molecule has 1 heterocycles. The van der Waals surface area contributed by atoms with E-state index in [1.807, 2.05) is 0 Å². The Bertz CT molecular complexity index is 990. The first-order valence-corrected chi connectivity index (χ1v) is 8.16. The number of nitrogens with one attached hydrogen (secondary N) is 1. The second-order valence-corrected chi connectivity index (χ2v) is 6.09. The lowest BCUT2D eigenvalue weighted by Gasteiger charge is -2.14. The van der Waals surface area contributed by atoms with Gasteiger partial charge < -0.3 is 10.4 Å². The van der Waals surface area contributed by atoms with Gasteiger partial charge in [-0.25, -0.2) is 8.78 Å². The minimum atomic E-state index is -0.754. The van der Waals surface area contributed by atoms with Crippen LogP contribution in [0.4, 0.5) is 8.78 Å². The zero-order valence-electron chi connectivity index (χ0n) is 14.6. The highest BCUT2D eigenvalue weighted by atomic mass is 19.1. The maximum absolute atomic E-state index is 14.3. The van der Waals surface area contributed by atoms with Crippen molar-refractivity contribution in [3.63, 3.8) is 0 Å². The summed E-state index contributed by atoms with van der Waals surface area (Å²) < 4.78 is 28.9. The molecule has 1 aromatic heterocycles. The Labute approximate surface area is 153 Å². The molecular weight excluding hydrogens is 356 g/mol. The standard InChI is InChI=1S/C18H17F2N5O2/c1-10(9-26)21-18(27)13-5-12(16-4-3-14(19)8-17(16)20)6-15(7-13)25-11(2)22-23-24-25/h3-8,10,26H,9H2,1-2H3,(H,21,27)/t10-/m0/s1. The highest BCUT2D eigenvalue weighted by molar-refractivity contribution is 5.96. The minimum Gasteiger partial charge on any atom is -0.394 e. The molecular formula is C18H17F2N5O2. The monoisotopic (exact) mass is 373 g/mol. The molecule has 1 amide bonds. The first-order chi connectivity index (χ1) is 12.9. The van der Waals surface area contributed by atoms with Crippen molar-refractivity contribution in [1.29, 1.82) is 0 Å². The number of hydrogen-bond donors (Lipinski definition) is 2. The lowest BCUT2D eigenvalue weighted by Crippen LogP contribution is -2.35. The molecule has 9 heteroatoms. The summed E-state index contributed by atoms with van der Waals surface area (Å²) >= 11 is 0. The predicted molar refractivity (Wildman–Crippen MR) is 93.3 cm³/mol. The summed E-state index contributed by atoms with van der Waals surface area (Å²) in [6, 6.07) is 7.40. The van der Waals surface area contributed by atoms with Crippen LogP contribution in [0.2, 0.25) is 0 Å². The molecule has 27 heavy (non-hydrogen) atoms. The van der Waals surface area contributed by atoms with Gasteiger partial charge in [0.15, 0.2) is 5.82 Å². The molecule has 0 unspecified atom stereocenters. The Kier molecular flexibility index (Phi) is 5.22. The quantitative estimate of drug-likeness (QED) is 0.714. The van der Waals surface area contributed by atoms with Gasteiger partial charge in [-0.3, -0.25) is 4.79 Å². The predicted octanol–water partition coefficient (Wildman–Crippen LogP) is 2.03. The third-order valence-electron chi connectivity index (χ3n) is 3.94. The fourth-order valence-corrected chi connectivity index (χ4v) is 2.57. The molecule has 0 saturated carbocycles. The molecule has 7 nitrogen and oxygen atoms in total. The Morgan fingerprint density at radius 1 is 1.26 bits per heavy atom. The number of aromatic nitrogens is 4. The lowest BCUT2D eigenvalue weighted by atomic mass is 10.0. The molecule has 0 aliphatic heterocycles. The van der Waals surface area contributed by atoms with Gasteiger partial charge in [-0.15, -0.1) is 5.10 Å². The molecule has 140 valence electrons. The maximum Gasteiger partial charge on any atom is 0.251 e. The van der Waals surface area contributed by atoms with E-state index in [0.29, 0.717) is 17.1 Å². The number of benzene rings is 2.